The summed E-state index contributed by atoms with van der Waals surface area (Å²) in [6.07, 6.45) is 0.334. The molecule has 2 aromatic rings. The predicted molar refractivity (Wildman–Crippen MR) is 76.2 cm³/mol. The molecule has 0 saturated carbocycles. The Labute approximate surface area is 120 Å². The summed E-state index contributed by atoms with van der Waals surface area (Å²) in [5.41, 5.74) is 0.372. The molecule has 1 unspecified atom stereocenters. The molecule has 6 heteroatoms. The minimum absolute atomic E-state index is 0.0869. The predicted octanol–water partition coefficient (Wildman–Crippen LogP) is 3.92. The Hall–Kier alpha value is -2.50. The van der Waals surface area contributed by atoms with E-state index in [0.717, 1.165) is 18.2 Å². The Morgan fingerprint density at radius 1 is 1.24 bits per heavy atom. The average molecular weight is 292 g/mol. The zero-order valence-electron chi connectivity index (χ0n) is 11.3. The van der Waals surface area contributed by atoms with E-state index in [1.165, 1.54) is 6.07 Å². The second-order valence-corrected chi connectivity index (χ2v) is 4.76. The fraction of sp³-hybridized carbons (Fsp3) is 0.200. The van der Waals surface area contributed by atoms with E-state index >= 15 is 0 Å². The zero-order chi connectivity index (χ0) is 15.4. The highest BCUT2D eigenvalue weighted by atomic mass is 19.1. The third kappa shape index (κ3) is 3.75. The van der Waals surface area contributed by atoms with E-state index in [2.05, 4.69) is 5.32 Å². The number of rotatable bonds is 5. The Balaban J connectivity index is 2.16. The van der Waals surface area contributed by atoms with Crippen LogP contribution in [0, 0.1) is 21.7 Å². The summed E-state index contributed by atoms with van der Waals surface area (Å²) in [4.78, 5) is 10.3. The highest BCUT2D eigenvalue weighted by Crippen LogP contribution is 2.26. The lowest BCUT2D eigenvalue weighted by Crippen LogP contribution is -2.19. The Bertz CT molecular complexity index is 662. The Kier molecular flexibility index (Phi) is 4.47. The second kappa shape index (κ2) is 6.30. The maximum atomic E-state index is 13.6. The SMILES string of the molecule is CC(Cc1ccccc1F)Nc1cc(F)ccc1[N+](=O)[O-]. The van der Waals surface area contributed by atoms with E-state index in [4.69, 9.17) is 0 Å². The van der Waals surface area contributed by atoms with Crippen LogP contribution in [0.1, 0.15) is 12.5 Å². The van der Waals surface area contributed by atoms with Crippen molar-refractivity contribution in [3.63, 3.8) is 0 Å². The van der Waals surface area contributed by atoms with E-state index in [9.17, 15) is 18.9 Å². The van der Waals surface area contributed by atoms with Crippen LogP contribution in [0.3, 0.4) is 0 Å². The van der Waals surface area contributed by atoms with E-state index in [-0.39, 0.29) is 23.2 Å². The molecular formula is C15H14F2N2O2. The van der Waals surface area contributed by atoms with E-state index in [1.807, 2.05) is 0 Å². The summed E-state index contributed by atoms with van der Waals surface area (Å²) < 4.78 is 26.8. The van der Waals surface area contributed by atoms with Crippen molar-refractivity contribution in [2.24, 2.45) is 0 Å². The van der Waals surface area contributed by atoms with Gasteiger partial charge in [0.15, 0.2) is 0 Å². The standard InChI is InChI=1S/C15H14F2N2O2/c1-10(8-11-4-2-3-5-13(11)17)18-14-9-12(16)6-7-15(14)19(20)21/h2-7,9-10,18H,8H2,1H3. The molecule has 0 aliphatic carbocycles. The molecule has 0 heterocycles. The molecular weight excluding hydrogens is 278 g/mol. The number of nitrogens with one attached hydrogen (secondary N) is 1. The van der Waals surface area contributed by atoms with E-state index in [0.29, 0.717) is 12.0 Å². The quantitative estimate of drug-likeness (QED) is 0.671. The van der Waals surface area contributed by atoms with Crippen LogP contribution in [0.15, 0.2) is 42.5 Å². The molecule has 0 aromatic heterocycles. The second-order valence-electron chi connectivity index (χ2n) is 4.76. The molecule has 2 rings (SSSR count). The monoisotopic (exact) mass is 292 g/mol. The summed E-state index contributed by atoms with van der Waals surface area (Å²) in [5.74, 6) is -0.902. The number of nitro benzene ring substituents is 1. The van der Waals surface area contributed by atoms with Gasteiger partial charge < -0.3 is 5.32 Å². The van der Waals surface area contributed by atoms with Crippen molar-refractivity contribution in [1.29, 1.82) is 0 Å². The third-order valence-corrected chi connectivity index (χ3v) is 3.04. The minimum Gasteiger partial charge on any atom is -0.377 e. The highest BCUT2D eigenvalue weighted by molar-refractivity contribution is 5.61. The Morgan fingerprint density at radius 2 is 1.95 bits per heavy atom. The summed E-state index contributed by atoms with van der Waals surface area (Å²) in [6, 6.07) is 9.22. The minimum atomic E-state index is -0.586. The van der Waals surface area contributed by atoms with Crippen molar-refractivity contribution in [3.05, 3.63) is 69.8 Å². The molecule has 110 valence electrons. The van der Waals surface area contributed by atoms with Gasteiger partial charge in [0.1, 0.15) is 17.3 Å². The summed E-state index contributed by atoms with van der Waals surface area (Å²) in [7, 11) is 0. The number of nitrogens with zero attached hydrogens (tertiary/aromatic N) is 1. The van der Waals surface area contributed by atoms with Crippen molar-refractivity contribution in [2.75, 3.05) is 5.32 Å². The Morgan fingerprint density at radius 3 is 2.62 bits per heavy atom. The number of hydrogen-bond acceptors (Lipinski definition) is 3. The number of benzene rings is 2. The van der Waals surface area contributed by atoms with Crippen LogP contribution in [0.4, 0.5) is 20.2 Å². The van der Waals surface area contributed by atoms with Gasteiger partial charge in [-0.1, -0.05) is 18.2 Å². The molecule has 0 radical (unpaired) electrons. The summed E-state index contributed by atoms with van der Waals surface area (Å²) in [6.45, 7) is 1.75. The molecule has 0 bridgehead atoms. The first-order valence-corrected chi connectivity index (χ1v) is 6.41. The van der Waals surface area contributed by atoms with Crippen molar-refractivity contribution >= 4 is 11.4 Å². The molecule has 1 N–H and O–H groups in total. The fourth-order valence-electron chi connectivity index (χ4n) is 2.09. The number of halogens is 2. The number of nitro groups is 1. The van der Waals surface area contributed by atoms with Gasteiger partial charge in [-0.3, -0.25) is 10.1 Å². The smallest absolute Gasteiger partial charge is 0.292 e. The normalized spacial score (nSPS) is 12.0. The summed E-state index contributed by atoms with van der Waals surface area (Å²) >= 11 is 0. The van der Waals surface area contributed by atoms with Crippen molar-refractivity contribution in [2.45, 2.75) is 19.4 Å². The maximum Gasteiger partial charge on any atom is 0.292 e. The van der Waals surface area contributed by atoms with Crippen molar-refractivity contribution in [1.82, 2.24) is 0 Å². The molecule has 0 amide bonds. The van der Waals surface area contributed by atoms with Gasteiger partial charge in [-0.25, -0.2) is 8.78 Å². The van der Waals surface area contributed by atoms with Crippen LogP contribution < -0.4 is 5.32 Å². The average Bonchev–Trinajstić information content (AvgIpc) is 2.41. The van der Waals surface area contributed by atoms with Gasteiger partial charge in [0.25, 0.3) is 5.69 Å². The molecule has 2 aromatic carbocycles. The van der Waals surface area contributed by atoms with Crippen LogP contribution in [0.2, 0.25) is 0 Å². The van der Waals surface area contributed by atoms with Crippen LogP contribution in [0.25, 0.3) is 0 Å². The van der Waals surface area contributed by atoms with Gasteiger partial charge in [-0.05, 0) is 31.0 Å². The van der Waals surface area contributed by atoms with Crippen molar-refractivity contribution < 1.29 is 13.7 Å². The van der Waals surface area contributed by atoms with Crippen LogP contribution in [0.5, 0.6) is 0 Å². The molecule has 0 saturated heterocycles. The van der Waals surface area contributed by atoms with Crippen LogP contribution in [-0.4, -0.2) is 11.0 Å². The molecule has 4 nitrogen and oxygen atoms in total. The van der Waals surface area contributed by atoms with Gasteiger partial charge >= 0.3 is 0 Å². The largest absolute Gasteiger partial charge is 0.377 e. The lowest BCUT2D eigenvalue weighted by atomic mass is 10.1. The van der Waals surface area contributed by atoms with Gasteiger partial charge in [0.05, 0.1) is 4.92 Å². The lowest BCUT2D eigenvalue weighted by molar-refractivity contribution is -0.384. The molecule has 0 fully saturated rings. The molecule has 0 aliphatic heterocycles. The first-order chi connectivity index (χ1) is 9.97. The molecule has 1 atom stereocenters. The summed E-state index contributed by atoms with van der Waals surface area (Å²) in [5, 5.41) is 13.8. The van der Waals surface area contributed by atoms with E-state index in [1.54, 1.807) is 25.1 Å². The highest BCUT2D eigenvalue weighted by Gasteiger charge is 2.17. The number of anilines is 1. The van der Waals surface area contributed by atoms with Crippen LogP contribution in [-0.2, 0) is 6.42 Å². The van der Waals surface area contributed by atoms with Gasteiger partial charge in [-0.2, -0.15) is 0 Å². The first-order valence-electron chi connectivity index (χ1n) is 6.41. The lowest BCUT2D eigenvalue weighted by Gasteiger charge is -2.15. The fourth-order valence-corrected chi connectivity index (χ4v) is 2.09. The van der Waals surface area contributed by atoms with Crippen LogP contribution >= 0.6 is 0 Å². The zero-order valence-corrected chi connectivity index (χ0v) is 11.3. The van der Waals surface area contributed by atoms with Gasteiger partial charge in [0, 0.05) is 18.2 Å². The molecule has 0 aliphatic rings. The van der Waals surface area contributed by atoms with Gasteiger partial charge in [-0.15, -0.1) is 0 Å². The molecule has 0 spiro atoms. The molecule has 21 heavy (non-hydrogen) atoms. The third-order valence-electron chi connectivity index (χ3n) is 3.04. The maximum absolute atomic E-state index is 13.6. The number of hydrogen-bond donors (Lipinski definition) is 1. The first kappa shape index (κ1) is 14.9. The topological polar surface area (TPSA) is 55.2 Å². The van der Waals surface area contributed by atoms with E-state index < -0.39 is 10.7 Å². The van der Waals surface area contributed by atoms with Gasteiger partial charge in [0.2, 0.25) is 0 Å². The van der Waals surface area contributed by atoms with Crippen molar-refractivity contribution in [3.8, 4) is 0 Å².